The minimum Gasteiger partial charge on any atom is -0.497 e. The van der Waals surface area contributed by atoms with E-state index in [0.29, 0.717) is 11.6 Å². The van der Waals surface area contributed by atoms with Crippen LogP contribution >= 0.6 is 34.2 Å². The van der Waals surface area contributed by atoms with E-state index in [2.05, 4.69) is 27.7 Å². The SMILES string of the molecule is COc1ccc(-c2ccc(=O)n(Cc3ccc(Cl)cc3)n2)c(I)c1. The molecule has 122 valence electrons. The minimum absolute atomic E-state index is 0.141. The van der Waals surface area contributed by atoms with Gasteiger partial charge in [-0.3, -0.25) is 4.79 Å². The number of halogens is 2. The lowest BCUT2D eigenvalue weighted by atomic mass is 10.1. The van der Waals surface area contributed by atoms with E-state index < -0.39 is 0 Å². The summed E-state index contributed by atoms with van der Waals surface area (Å²) in [5.41, 5.74) is 2.53. The first-order chi connectivity index (χ1) is 11.6. The largest absolute Gasteiger partial charge is 0.497 e. The molecule has 0 radical (unpaired) electrons. The summed E-state index contributed by atoms with van der Waals surface area (Å²) in [6.45, 7) is 0.399. The molecule has 0 saturated heterocycles. The molecule has 0 bridgehead atoms. The van der Waals surface area contributed by atoms with Gasteiger partial charge in [0.25, 0.3) is 5.56 Å². The lowest BCUT2D eigenvalue weighted by molar-refractivity contribution is 0.414. The number of methoxy groups -OCH3 is 1. The van der Waals surface area contributed by atoms with Crippen molar-refractivity contribution in [1.29, 1.82) is 0 Å². The van der Waals surface area contributed by atoms with Crippen molar-refractivity contribution in [3.63, 3.8) is 0 Å². The van der Waals surface area contributed by atoms with Crippen molar-refractivity contribution in [2.75, 3.05) is 7.11 Å². The lowest BCUT2D eigenvalue weighted by Crippen LogP contribution is -2.22. The molecule has 0 amide bonds. The van der Waals surface area contributed by atoms with Gasteiger partial charge in [0, 0.05) is 20.2 Å². The third-order valence-electron chi connectivity index (χ3n) is 3.56. The molecule has 0 atom stereocenters. The van der Waals surface area contributed by atoms with E-state index >= 15 is 0 Å². The summed E-state index contributed by atoms with van der Waals surface area (Å²) in [6.07, 6.45) is 0. The van der Waals surface area contributed by atoms with Crippen LogP contribution in [0.3, 0.4) is 0 Å². The molecule has 0 fully saturated rings. The van der Waals surface area contributed by atoms with Crippen molar-refractivity contribution < 1.29 is 4.74 Å². The van der Waals surface area contributed by atoms with Crippen LogP contribution in [0.15, 0.2) is 59.4 Å². The maximum absolute atomic E-state index is 12.1. The van der Waals surface area contributed by atoms with Crippen molar-refractivity contribution in [3.8, 4) is 17.0 Å². The number of nitrogens with zero attached hydrogens (tertiary/aromatic N) is 2. The summed E-state index contributed by atoms with van der Waals surface area (Å²) in [6, 6.07) is 16.4. The van der Waals surface area contributed by atoms with Crippen molar-refractivity contribution in [2.45, 2.75) is 6.54 Å². The van der Waals surface area contributed by atoms with Crippen LogP contribution in [0, 0.1) is 3.57 Å². The molecule has 1 heterocycles. The molecule has 0 spiro atoms. The number of rotatable bonds is 4. The zero-order valence-corrected chi connectivity index (χ0v) is 15.8. The van der Waals surface area contributed by atoms with Crippen molar-refractivity contribution in [2.24, 2.45) is 0 Å². The Morgan fingerprint density at radius 2 is 1.88 bits per heavy atom. The molecule has 0 unspecified atom stereocenters. The number of benzene rings is 2. The number of hydrogen-bond acceptors (Lipinski definition) is 3. The van der Waals surface area contributed by atoms with Crippen LogP contribution in [0.5, 0.6) is 5.75 Å². The van der Waals surface area contributed by atoms with Crippen LogP contribution in [0.2, 0.25) is 5.02 Å². The Morgan fingerprint density at radius 1 is 1.12 bits per heavy atom. The molecule has 6 heteroatoms. The Kier molecular flexibility index (Phi) is 5.20. The molecule has 0 N–H and O–H groups in total. The highest BCUT2D eigenvalue weighted by Gasteiger charge is 2.09. The Morgan fingerprint density at radius 3 is 2.54 bits per heavy atom. The fourth-order valence-corrected chi connectivity index (χ4v) is 3.19. The Hall–Kier alpha value is -1.86. The summed E-state index contributed by atoms with van der Waals surface area (Å²) >= 11 is 8.14. The van der Waals surface area contributed by atoms with Gasteiger partial charge in [0.2, 0.25) is 0 Å². The smallest absolute Gasteiger partial charge is 0.267 e. The van der Waals surface area contributed by atoms with Crippen LogP contribution in [0.1, 0.15) is 5.56 Å². The summed E-state index contributed by atoms with van der Waals surface area (Å²) in [4.78, 5) is 12.1. The van der Waals surface area contributed by atoms with E-state index in [0.717, 1.165) is 26.1 Å². The summed E-state index contributed by atoms with van der Waals surface area (Å²) < 4.78 is 7.69. The van der Waals surface area contributed by atoms with Crippen LogP contribution < -0.4 is 10.3 Å². The average molecular weight is 453 g/mol. The predicted molar refractivity (Wildman–Crippen MR) is 104 cm³/mol. The molecular weight excluding hydrogens is 439 g/mol. The van der Waals surface area contributed by atoms with Gasteiger partial charge in [-0.15, -0.1) is 0 Å². The Labute approximate surface area is 158 Å². The number of aromatic nitrogens is 2. The second-order valence-corrected chi connectivity index (χ2v) is 6.79. The van der Waals surface area contributed by atoms with Gasteiger partial charge in [0.15, 0.2) is 0 Å². The first kappa shape index (κ1) is 17.0. The average Bonchev–Trinajstić information content (AvgIpc) is 2.59. The van der Waals surface area contributed by atoms with E-state index in [9.17, 15) is 4.79 Å². The monoisotopic (exact) mass is 452 g/mol. The standard InChI is InChI=1S/C18H14ClIN2O2/c1-24-14-6-7-15(16(20)10-14)17-8-9-18(23)22(21-17)11-12-2-4-13(19)5-3-12/h2-10H,11H2,1H3. The van der Waals surface area contributed by atoms with Crippen LogP contribution in [-0.4, -0.2) is 16.9 Å². The molecule has 2 aromatic carbocycles. The zero-order chi connectivity index (χ0) is 17.1. The van der Waals surface area contributed by atoms with E-state index in [-0.39, 0.29) is 5.56 Å². The highest BCUT2D eigenvalue weighted by atomic mass is 127. The quantitative estimate of drug-likeness (QED) is 0.557. The van der Waals surface area contributed by atoms with Gasteiger partial charge < -0.3 is 4.74 Å². The Balaban J connectivity index is 1.97. The Bertz CT molecular complexity index is 923. The van der Waals surface area contributed by atoms with Crippen LogP contribution in [-0.2, 0) is 6.54 Å². The summed E-state index contributed by atoms with van der Waals surface area (Å²) in [5.74, 6) is 0.789. The van der Waals surface area contributed by atoms with E-state index in [1.54, 1.807) is 31.4 Å². The third kappa shape index (κ3) is 3.79. The molecular formula is C18H14ClIN2O2. The molecule has 1 aromatic heterocycles. The maximum Gasteiger partial charge on any atom is 0.267 e. The molecule has 3 aromatic rings. The first-order valence-electron chi connectivity index (χ1n) is 7.23. The zero-order valence-electron chi connectivity index (χ0n) is 12.9. The van der Waals surface area contributed by atoms with E-state index in [4.69, 9.17) is 16.3 Å². The van der Waals surface area contributed by atoms with Crippen LogP contribution in [0.4, 0.5) is 0 Å². The highest BCUT2D eigenvalue weighted by Crippen LogP contribution is 2.26. The van der Waals surface area contributed by atoms with E-state index in [1.807, 2.05) is 30.3 Å². The van der Waals surface area contributed by atoms with Gasteiger partial charge in [-0.1, -0.05) is 23.7 Å². The molecule has 24 heavy (non-hydrogen) atoms. The fourth-order valence-electron chi connectivity index (χ4n) is 2.30. The van der Waals surface area contributed by atoms with Gasteiger partial charge in [-0.05, 0) is 64.6 Å². The minimum atomic E-state index is -0.141. The lowest BCUT2D eigenvalue weighted by Gasteiger charge is -2.10. The van der Waals surface area contributed by atoms with Crippen LogP contribution in [0.25, 0.3) is 11.3 Å². The molecule has 0 aliphatic rings. The summed E-state index contributed by atoms with van der Waals surface area (Å²) in [7, 11) is 1.63. The highest BCUT2D eigenvalue weighted by molar-refractivity contribution is 14.1. The second-order valence-electron chi connectivity index (χ2n) is 5.19. The van der Waals surface area contributed by atoms with Gasteiger partial charge in [-0.25, -0.2) is 4.68 Å². The maximum atomic E-state index is 12.1. The van der Waals surface area contributed by atoms with Crippen molar-refractivity contribution in [3.05, 3.63) is 79.1 Å². The number of ether oxygens (including phenoxy) is 1. The van der Waals surface area contributed by atoms with Gasteiger partial charge >= 0.3 is 0 Å². The van der Waals surface area contributed by atoms with Gasteiger partial charge in [0.05, 0.1) is 19.3 Å². The first-order valence-corrected chi connectivity index (χ1v) is 8.69. The molecule has 3 rings (SSSR count). The number of hydrogen-bond donors (Lipinski definition) is 0. The van der Waals surface area contributed by atoms with Crippen molar-refractivity contribution >= 4 is 34.2 Å². The van der Waals surface area contributed by atoms with E-state index in [1.165, 1.54) is 4.68 Å². The molecule has 0 aliphatic heterocycles. The van der Waals surface area contributed by atoms with Gasteiger partial charge in [-0.2, -0.15) is 5.10 Å². The normalized spacial score (nSPS) is 10.6. The molecule has 0 saturated carbocycles. The topological polar surface area (TPSA) is 44.1 Å². The fraction of sp³-hybridized carbons (Fsp3) is 0.111. The van der Waals surface area contributed by atoms with Gasteiger partial charge in [0.1, 0.15) is 5.75 Å². The molecule has 4 nitrogen and oxygen atoms in total. The second kappa shape index (κ2) is 7.36. The molecule has 0 aliphatic carbocycles. The summed E-state index contributed by atoms with van der Waals surface area (Å²) in [5, 5.41) is 5.17. The third-order valence-corrected chi connectivity index (χ3v) is 4.71. The predicted octanol–water partition coefficient (Wildman–Crippen LogP) is 4.23. The van der Waals surface area contributed by atoms with Crippen molar-refractivity contribution in [1.82, 2.24) is 9.78 Å².